The van der Waals surface area contributed by atoms with Crippen molar-refractivity contribution in [2.24, 2.45) is 5.92 Å². The fourth-order valence-electron chi connectivity index (χ4n) is 3.85. The van der Waals surface area contributed by atoms with Crippen LogP contribution in [0.5, 0.6) is 0 Å². The summed E-state index contributed by atoms with van der Waals surface area (Å²) in [5.41, 5.74) is -0.682. The van der Waals surface area contributed by atoms with Crippen LogP contribution in [0.15, 0.2) is 36.7 Å². The second-order valence-electron chi connectivity index (χ2n) is 8.08. The van der Waals surface area contributed by atoms with Crippen molar-refractivity contribution in [3.05, 3.63) is 52.9 Å². The van der Waals surface area contributed by atoms with Gasteiger partial charge in [-0.1, -0.05) is 6.07 Å². The number of carboxylic acid groups (broad SMARTS) is 1. The van der Waals surface area contributed by atoms with Gasteiger partial charge in [0.05, 0.1) is 10.8 Å². The van der Waals surface area contributed by atoms with E-state index in [1.807, 2.05) is 13.0 Å². The lowest BCUT2D eigenvalue weighted by Crippen LogP contribution is -2.30. The topological polar surface area (TPSA) is 88.0 Å². The Hall–Kier alpha value is -3.08. The lowest BCUT2D eigenvalue weighted by atomic mass is 9.80. The first kappa shape index (κ1) is 23.1. The number of halogens is 4. The van der Waals surface area contributed by atoms with Crippen LogP contribution in [0.4, 0.5) is 29.2 Å². The average Bonchev–Trinajstić information content (AvgIpc) is 3.25. The molecule has 0 unspecified atom stereocenters. The monoisotopic (exact) mass is 480 g/mol. The van der Waals surface area contributed by atoms with E-state index in [0.717, 1.165) is 23.4 Å². The number of anilines is 2. The first-order valence-corrected chi connectivity index (χ1v) is 11.0. The van der Waals surface area contributed by atoms with Gasteiger partial charge in [0.25, 0.3) is 0 Å². The number of nitrogens with one attached hydrogen (secondary N) is 1. The second kappa shape index (κ2) is 8.69. The highest BCUT2D eigenvalue weighted by atomic mass is 32.1. The maximum Gasteiger partial charge on any atom is 0.433 e. The van der Waals surface area contributed by atoms with Crippen LogP contribution < -0.4 is 5.32 Å². The number of nitrogens with zero attached hydrogens (tertiary/aromatic N) is 3. The van der Waals surface area contributed by atoms with Crippen molar-refractivity contribution in [1.29, 1.82) is 0 Å². The predicted molar refractivity (Wildman–Crippen MR) is 115 cm³/mol. The fourth-order valence-corrected chi connectivity index (χ4v) is 4.90. The van der Waals surface area contributed by atoms with Crippen LogP contribution in [0, 0.1) is 12.8 Å². The van der Waals surface area contributed by atoms with E-state index in [1.54, 1.807) is 18.3 Å². The number of benzene rings is 1. The molecule has 2 heterocycles. The second-order valence-corrected chi connectivity index (χ2v) is 9.11. The molecule has 1 saturated carbocycles. The lowest BCUT2D eigenvalue weighted by Gasteiger charge is -2.30. The summed E-state index contributed by atoms with van der Waals surface area (Å²) in [6.45, 7) is 1.83. The van der Waals surface area contributed by atoms with E-state index in [0.29, 0.717) is 15.6 Å². The van der Waals surface area contributed by atoms with Crippen LogP contribution in [0.1, 0.15) is 41.9 Å². The van der Waals surface area contributed by atoms with Gasteiger partial charge in [0.1, 0.15) is 10.7 Å². The van der Waals surface area contributed by atoms with E-state index in [-0.39, 0.29) is 31.6 Å². The predicted octanol–water partition coefficient (Wildman–Crippen LogP) is 6.11. The Balaban J connectivity index is 1.56. The Kier molecular flexibility index (Phi) is 6.08. The minimum Gasteiger partial charge on any atom is -0.481 e. The van der Waals surface area contributed by atoms with Crippen LogP contribution >= 0.6 is 11.3 Å². The summed E-state index contributed by atoms with van der Waals surface area (Å²) in [5.74, 6) is -1.62. The number of carbonyl (C=O) groups is 1. The zero-order chi connectivity index (χ0) is 23.8. The highest BCUT2D eigenvalue weighted by Gasteiger charge is 2.41. The van der Waals surface area contributed by atoms with E-state index in [4.69, 9.17) is 5.11 Å². The first-order chi connectivity index (χ1) is 15.5. The van der Waals surface area contributed by atoms with Crippen molar-refractivity contribution in [3.63, 3.8) is 0 Å². The van der Waals surface area contributed by atoms with Gasteiger partial charge in [-0.05, 0) is 61.9 Å². The number of alkyl halides is 4. The molecule has 0 radical (unpaired) electrons. The molecule has 0 spiro atoms. The third-order valence-corrected chi connectivity index (χ3v) is 6.81. The molecule has 0 bridgehead atoms. The normalized spacial score (nSPS) is 21.1. The number of aliphatic carboxylic acids is 1. The van der Waals surface area contributed by atoms with Gasteiger partial charge in [0.2, 0.25) is 5.95 Å². The number of hydrogen-bond acceptors (Lipinski definition) is 6. The number of aromatic nitrogens is 3. The van der Waals surface area contributed by atoms with E-state index in [2.05, 4.69) is 20.3 Å². The molecule has 1 aliphatic rings. The molecule has 1 aliphatic carbocycles. The van der Waals surface area contributed by atoms with Crippen molar-refractivity contribution in [1.82, 2.24) is 15.0 Å². The van der Waals surface area contributed by atoms with Crippen LogP contribution in [-0.2, 0) is 16.6 Å². The smallest absolute Gasteiger partial charge is 0.433 e. The molecule has 0 saturated heterocycles. The molecule has 6 nitrogen and oxygen atoms in total. The first-order valence-electron chi connectivity index (χ1n) is 10.2. The zero-order valence-corrected chi connectivity index (χ0v) is 18.3. The standard InChI is InChI=1S/C22H20F4N4O2S/c1-12-8-14(10-15(9-12)29-20-27-7-4-17(30-20)22(24,25)26)16-11-28-19(33-16)21(23)5-2-13(3-6-21)18(31)32/h4,7-11,13H,2-3,5-6H2,1H3,(H,31,32)(H,27,29,30)/t13-,21+. The van der Waals surface area contributed by atoms with E-state index < -0.39 is 29.4 Å². The van der Waals surface area contributed by atoms with Gasteiger partial charge in [-0.2, -0.15) is 13.2 Å². The summed E-state index contributed by atoms with van der Waals surface area (Å²) in [4.78, 5) is 23.5. The van der Waals surface area contributed by atoms with E-state index in [1.165, 1.54) is 11.3 Å². The van der Waals surface area contributed by atoms with Crippen molar-refractivity contribution in [2.45, 2.75) is 44.5 Å². The van der Waals surface area contributed by atoms with Gasteiger partial charge in [-0.25, -0.2) is 19.3 Å². The van der Waals surface area contributed by atoms with Gasteiger partial charge in [-0.3, -0.25) is 4.79 Å². The number of carboxylic acids is 1. The third-order valence-electron chi connectivity index (χ3n) is 5.58. The summed E-state index contributed by atoms with van der Waals surface area (Å²) < 4.78 is 54.2. The summed E-state index contributed by atoms with van der Waals surface area (Å²) >= 11 is 1.19. The SMILES string of the molecule is Cc1cc(Nc2nccc(C(F)(F)F)n2)cc(-c2cnc([C@]3(F)CC[C@@H](C(=O)O)CC3)s2)c1. The van der Waals surface area contributed by atoms with Crippen LogP contribution in [0.3, 0.4) is 0 Å². The molecular formula is C22H20F4N4O2S. The summed E-state index contributed by atoms with van der Waals surface area (Å²) in [6.07, 6.45) is -1.27. The molecule has 174 valence electrons. The van der Waals surface area contributed by atoms with Crippen molar-refractivity contribution in [3.8, 4) is 10.4 Å². The molecule has 3 aromatic rings. The van der Waals surface area contributed by atoms with Gasteiger partial charge in [-0.15, -0.1) is 11.3 Å². The van der Waals surface area contributed by atoms with E-state index >= 15 is 4.39 Å². The maximum atomic E-state index is 15.5. The van der Waals surface area contributed by atoms with Crippen LogP contribution in [0.2, 0.25) is 0 Å². The van der Waals surface area contributed by atoms with Crippen LogP contribution in [0.25, 0.3) is 10.4 Å². The minimum absolute atomic E-state index is 0.102. The Bertz CT molecular complexity index is 1170. The molecular weight excluding hydrogens is 460 g/mol. The fraction of sp³-hybridized carbons (Fsp3) is 0.364. The number of aryl methyl sites for hydroxylation is 1. The molecule has 11 heteroatoms. The van der Waals surface area contributed by atoms with Gasteiger partial charge >= 0.3 is 12.1 Å². The summed E-state index contributed by atoms with van der Waals surface area (Å²) in [6, 6.07) is 6.10. The summed E-state index contributed by atoms with van der Waals surface area (Å²) in [5, 5.41) is 12.2. The summed E-state index contributed by atoms with van der Waals surface area (Å²) in [7, 11) is 0. The zero-order valence-electron chi connectivity index (χ0n) is 17.5. The number of thiazole rings is 1. The van der Waals surface area contributed by atoms with Crippen molar-refractivity contribution < 1.29 is 27.5 Å². The molecule has 0 atom stereocenters. The molecule has 33 heavy (non-hydrogen) atoms. The molecule has 1 aromatic carbocycles. The molecule has 2 aromatic heterocycles. The number of rotatable bonds is 5. The lowest BCUT2D eigenvalue weighted by molar-refractivity contribution is -0.144. The van der Waals surface area contributed by atoms with E-state index in [9.17, 15) is 18.0 Å². The molecule has 2 N–H and O–H groups in total. The maximum absolute atomic E-state index is 15.5. The molecule has 4 rings (SSSR count). The Labute approximate surface area is 190 Å². The highest BCUT2D eigenvalue weighted by molar-refractivity contribution is 7.15. The van der Waals surface area contributed by atoms with Crippen molar-refractivity contribution >= 4 is 28.9 Å². The largest absolute Gasteiger partial charge is 0.481 e. The van der Waals surface area contributed by atoms with Gasteiger partial charge in [0, 0.05) is 18.1 Å². The Morgan fingerprint density at radius 1 is 1.21 bits per heavy atom. The minimum atomic E-state index is -4.58. The molecule has 0 aliphatic heterocycles. The van der Waals surface area contributed by atoms with Gasteiger partial charge < -0.3 is 10.4 Å². The molecule has 1 fully saturated rings. The van der Waals surface area contributed by atoms with Crippen LogP contribution in [-0.4, -0.2) is 26.0 Å². The molecule has 0 amide bonds. The average molecular weight is 480 g/mol. The van der Waals surface area contributed by atoms with Crippen molar-refractivity contribution in [2.75, 3.05) is 5.32 Å². The Morgan fingerprint density at radius 3 is 2.61 bits per heavy atom. The number of hydrogen-bond donors (Lipinski definition) is 2. The Morgan fingerprint density at radius 2 is 1.94 bits per heavy atom. The highest BCUT2D eigenvalue weighted by Crippen LogP contribution is 2.45. The quantitative estimate of drug-likeness (QED) is 0.429. The van der Waals surface area contributed by atoms with Gasteiger partial charge in [0.15, 0.2) is 5.67 Å². The third kappa shape index (κ3) is 5.13.